The standard InChI is InChI=1S/C23H33NO3/c1-15(2)7-5-8-16(3)9-6-10-17(4)13-14-24-22(25)20-18-11-12-19(27-18)21(20)23(24)26/h7,9,13,18-21H,5-6,8,10-12,14H2,1-4H3/b16-9+,17-13+/t18-,19+,20-,21+. The zero-order valence-electron chi connectivity index (χ0n) is 17.2. The molecule has 0 aromatic rings. The minimum Gasteiger partial charge on any atom is -0.373 e. The number of hydrogen-bond donors (Lipinski definition) is 0. The molecule has 3 aliphatic rings. The Morgan fingerprint density at radius 1 is 0.889 bits per heavy atom. The highest BCUT2D eigenvalue weighted by Gasteiger charge is 2.62. The summed E-state index contributed by atoms with van der Waals surface area (Å²) >= 11 is 0. The van der Waals surface area contributed by atoms with Gasteiger partial charge in [-0.2, -0.15) is 0 Å². The second-order valence-corrected chi connectivity index (χ2v) is 8.59. The summed E-state index contributed by atoms with van der Waals surface area (Å²) < 4.78 is 5.78. The molecule has 3 saturated heterocycles. The maximum atomic E-state index is 12.6. The van der Waals surface area contributed by atoms with Crippen LogP contribution in [0.4, 0.5) is 0 Å². The second-order valence-electron chi connectivity index (χ2n) is 8.59. The molecule has 4 heteroatoms. The smallest absolute Gasteiger partial charge is 0.236 e. The van der Waals surface area contributed by atoms with Gasteiger partial charge in [0.1, 0.15) is 0 Å². The molecule has 0 saturated carbocycles. The third-order valence-corrected chi connectivity index (χ3v) is 6.12. The maximum Gasteiger partial charge on any atom is 0.236 e. The first-order chi connectivity index (χ1) is 12.9. The van der Waals surface area contributed by atoms with Crippen molar-refractivity contribution in [1.82, 2.24) is 4.90 Å². The van der Waals surface area contributed by atoms with Crippen molar-refractivity contribution in [2.24, 2.45) is 11.8 Å². The molecule has 3 fully saturated rings. The van der Waals surface area contributed by atoms with Crippen LogP contribution in [0.25, 0.3) is 0 Å². The Morgan fingerprint density at radius 3 is 1.96 bits per heavy atom. The fourth-order valence-electron chi connectivity index (χ4n) is 4.54. The van der Waals surface area contributed by atoms with Gasteiger partial charge in [0.2, 0.25) is 11.8 Å². The molecule has 0 aromatic heterocycles. The molecule has 3 heterocycles. The quantitative estimate of drug-likeness (QED) is 0.464. The first-order valence-electron chi connectivity index (χ1n) is 10.3. The Labute approximate surface area is 163 Å². The van der Waals surface area contributed by atoms with Crippen molar-refractivity contribution in [1.29, 1.82) is 0 Å². The predicted octanol–water partition coefficient (Wildman–Crippen LogP) is 4.57. The lowest BCUT2D eigenvalue weighted by molar-refractivity contribution is -0.141. The Balaban J connectivity index is 1.46. The summed E-state index contributed by atoms with van der Waals surface area (Å²) in [6.45, 7) is 8.96. The highest BCUT2D eigenvalue weighted by molar-refractivity contribution is 6.06. The SMILES string of the molecule is CC(C)=CCC/C(C)=C/CC/C(C)=C/CN1C(=O)[C@@H]2[C@H](C1=O)[C@H]1CC[C@@H]2O1. The van der Waals surface area contributed by atoms with Gasteiger partial charge < -0.3 is 4.74 Å². The molecule has 0 aromatic carbocycles. The van der Waals surface area contributed by atoms with E-state index < -0.39 is 0 Å². The number of amides is 2. The number of allylic oxidation sites excluding steroid dienone is 5. The molecule has 3 rings (SSSR count). The fraction of sp³-hybridized carbons (Fsp3) is 0.652. The van der Waals surface area contributed by atoms with Gasteiger partial charge in [0.15, 0.2) is 0 Å². The Morgan fingerprint density at radius 2 is 1.41 bits per heavy atom. The molecule has 2 amide bonds. The van der Waals surface area contributed by atoms with E-state index in [-0.39, 0.29) is 35.9 Å². The van der Waals surface area contributed by atoms with Gasteiger partial charge in [0, 0.05) is 6.54 Å². The topological polar surface area (TPSA) is 46.6 Å². The van der Waals surface area contributed by atoms with Gasteiger partial charge in [-0.3, -0.25) is 14.5 Å². The van der Waals surface area contributed by atoms with E-state index >= 15 is 0 Å². The van der Waals surface area contributed by atoms with Crippen molar-refractivity contribution in [3.05, 3.63) is 34.9 Å². The van der Waals surface area contributed by atoms with E-state index in [4.69, 9.17) is 4.74 Å². The van der Waals surface area contributed by atoms with E-state index in [0.717, 1.165) is 38.5 Å². The van der Waals surface area contributed by atoms with E-state index in [9.17, 15) is 9.59 Å². The van der Waals surface area contributed by atoms with Crippen LogP contribution in [0.5, 0.6) is 0 Å². The average Bonchev–Trinajstić information content (AvgIpc) is 3.27. The Kier molecular flexibility index (Phi) is 6.36. The van der Waals surface area contributed by atoms with E-state index in [1.54, 1.807) is 0 Å². The van der Waals surface area contributed by atoms with E-state index in [1.807, 2.05) is 6.08 Å². The first kappa shape index (κ1) is 20.1. The number of carbonyl (C=O) groups excluding carboxylic acids is 2. The van der Waals surface area contributed by atoms with Crippen LogP contribution in [-0.4, -0.2) is 35.5 Å². The average molecular weight is 372 g/mol. The van der Waals surface area contributed by atoms with Crippen LogP contribution in [0.2, 0.25) is 0 Å². The van der Waals surface area contributed by atoms with Crippen molar-refractivity contribution >= 4 is 11.8 Å². The lowest BCUT2D eigenvalue weighted by atomic mass is 9.81. The lowest BCUT2D eigenvalue weighted by Crippen LogP contribution is -2.34. The van der Waals surface area contributed by atoms with Crippen molar-refractivity contribution in [3.63, 3.8) is 0 Å². The zero-order chi connectivity index (χ0) is 19.6. The molecular formula is C23H33NO3. The number of fused-ring (bicyclic) bond motifs is 5. The maximum absolute atomic E-state index is 12.6. The minimum atomic E-state index is -0.212. The van der Waals surface area contributed by atoms with Crippen LogP contribution >= 0.6 is 0 Å². The number of carbonyl (C=O) groups is 2. The van der Waals surface area contributed by atoms with Crippen LogP contribution in [0, 0.1) is 11.8 Å². The van der Waals surface area contributed by atoms with Crippen LogP contribution < -0.4 is 0 Å². The molecule has 3 aliphatic heterocycles. The van der Waals surface area contributed by atoms with Gasteiger partial charge in [-0.05, 0) is 66.2 Å². The normalized spacial score (nSPS) is 30.3. The van der Waals surface area contributed by atoms with Crippen LogP contribution in [0.15, 0.2) is 34.9 Å². The Bertz CT molecular complexity index is 656. The molecule has 0 N–H and O–H groups in total. The number of imide groups is 1. The van der Waals surface area contributed by atoms with Gasteiger partial charge >= 0.3 is 0 Å². The minimum absolute atomic E-state index is 0.0173. The van der Waals surface area contributed by atoms with Crippen LogP contribution in [0.3, 0.4) is 0 Å². The highest BCUT2D eigenvalue weighted by Crippen LogP contribution is 2.48. The summed E-state index contributed by atoms with van der Waals surface area (Å²) in [7, 11) is 0. The van der Waals surface area contributed by atoms with Crippen LogP contribution in [-0.2, 0) is 14.3 Å². The number of ether oxygens (including phenoxy) is 1. The van der Waals surface area contributed by atoms with Crippen molar-refractivity contribution in [2.45, 2.75) is 78.4 Å². The van der Waals surface area contributed by atoms with Gasteiger partial charge in [-0.1, -0.05) is 34.9 Å². The monoisotopic (exact) mass is 371 g/mol. The number of likely N-dealkylation sites (tertiary alicyclic amines) is 1. The molecule has 0 radical (unpaired) electrons. The molecule has 148 valence electrons. The summed E-state index contributed by atoms with van der Waals surface area (Å²) in [5.41, 5.74) is 4.03. The summed E-state index contributed by atoms with van der Waals surface area (Å²) in [6.07, 6.45) is 12.6. The third kappa shape index (κ3) is 4.43. The molecule has 4 atom stereocenters. The zero-order valence-corrected chi connectivity index (χ0v) is 17.2. The molecule has 27 heavy (non-hydrogen) atoms. The van der Waals surface area contributed by atoms with Crippen molar-refractivity contribution in [3.8, 4) is 0 Å². The third-order valence-electron chi connectivity index (χ3n) is 6.12. The molecule has 0 aliphatic carbocycles. The van der Waals surface area contributed by atoms with E-state index in [2.05, 4.69) is 39.8 Å². The molecule has 4 nitrogen and oxygen atoms in total. The Hall–Kier alpha value is -1.68. The molecular weight excluding hydrogens is 338 g/mol. The van der Waals surface area contributed by atoms with E-state index in [0.29, 0.717) is 6.54 Å². The van der Waals surface area contributed by atoms with Crippen molar-refractivity contribution in [2.75, 3.05) is 6.54 Å². The van der Waals surface area contributed by atoms with Gasteiger partial charge in [-0.15, -0.1) is 0 Å². The number of hydrogen-bond acceptors (Lipinski definition) is 3. The van der Waals surface area contributed by atoms with E-state index in [1.165, 1.54) is 21.6 Å². The fourth-order valence-corrected chi connectivity index (χ4v) is 4.54. The summed E-state index contributed by atoms with van der Waals surface area (Å²) in [5.74, 6) is -0.458. The first-order valence-corrected chi connectivity index (χ1v) is 10.3. The number of nitrogens with zero attached hydrogens (tertiary/aromatic N) is 1. The van der Waals surface area contributed by atoms with Gasteiger partial charge in [0.25, 0.3) is 0 Å². The molecule has 0 spiro atoms. The second kappa shape index (κ2) is 8.55. The summed E-state index contributed by atoms with van der Waals surface area (Å²) in [4.78, 5) is 26.7. The van der Waals surface area contributed by atoms with Gasteiger partial charge in [-0.25, -0.2) is 0 Å². The largest absolute Gasteiger partial charge is 0.373 e. The molecule has 0 unspecified atom stereocenters. The number of rotatable bonds is 8. The predicted molar refractivity (Wildman–Crippen MR) is 107 cm³/mol. The highest BCUT2D eigenvalue weighted by atomic mass is 16.5. The van der Waals surface area contributed by atoms with Gasteiger partial charge in [0.05, 0.1) is 24.0 Å². The molecule has 2 bridgehead atoms. The van der Waals surface area contributed by atoms with Crippen molar-refractivity contribution < 1.29 is 14.3 Å². The summed E-state index contributed by atoms with van der Waals surface area (Å²) in [6, 6.07) is 0. The van der Waals surface area contributed by atoms with Crippen LogP contribution in [0.1, 0.15) is 66.2 Å². The summed E-state index contributed by atoms with van der Waals surface area (Å²) in [5, 5.41) is 0. The lowest BCUT2D eigenvalue weighted by Gasteiger charge is -2.16.